The molecule has 2 saturated heterocycles. The zero-order chi connectivity index (χ0) is 15.3. The van der Waals surface area contributed by atoms with Gasteiger partial charge in [0.1, 0.15) is 5.41 Å². The van der Waals surface area contributed by atoms with Gasteiger partial charge in [0.2, 0.25) is 5.91 Å². The molecule has 0 aromatic carbocycles. The number of hydrogen-bond donors (Lipinski definition) is 2. The van der Waals surface area contributed by atoms with Crippen LogP contribution in [0.15, 0.2) is 5.16 Å². The minimum Gasteiger partial charge on any atom is -0.409 e. The van der Waals surface area contributed by atoms with Gasteiger partial charge in [0.05, 0.1) is 6.10 Å². The summed E-state index contributed by atoms with van der Waals surface area (Å²) in [6.45, 7) is 2.18. The summed E-state index contributed by atoms with van der Waals surface area (Å²) in [6, 6.07) is 0. The molecule has 1 atom stereocenters. The lowest BCUT2D eigenvalue weighted by Gasteiger charge is -2.38. The summed E-state index contributed by atoms with van der Waals surface area (Å²) in [6.07, 6.45) is 4.15. The van der Waals surface area contributed by atoms with Crippen molar-refractivity contribution in [3.05, 3.63) is 0 Å². The maximum Gasteiger partial charge on any atom is 0.236 e. The van der Waals surface area contributed by atoms with E-state index in [1.807, 2.05) is 0 Å². The quantitative estimate of drug-likeness (QED) is 0.342. The smallest absolute Gasteiger partial charge is 0.236 e. The van der Waals surface area contributed by atoms with E-state index in [0.29, 0.717) is 32.6 Å². The molecule has 0 radical (unpaired) electrons. The highest BCUT2D eigenvalue weighted by Gasteiger charge is 2.46. The summed E-state index contributed by atoms with van der Waals surface area (Å²) in [7, 11) is 1.75. The van der Waals surface area contributed by atoms with E-state index in [4.69, 9.17) is 20.4 Å². The Bertz CT molecular complexity index is 388. The third-order valence-electron chi connectivity index (χ3n) is 4.45. The number of ether oxygens (including phenoxy) is 2. The Morgan fingerprint density at radius 3 is 2.67 bits per heavy atom. The van der Waals surface area contributed by atoms with E-state index in [-0.39, 0.29) is 17.8 Å². The maximum absolute atomic E-state index is 12.8. The fourth-order valence-electron chi connectivity index (χ4n) is 3.10. The molecule has 21 heavy (non-hydrogen) atoms. The molecule has 0 aromatic heterocycles. The highest BCUT2D eigenvalue weighted by molar-refractivity contribution is 6.06. The molecule has 0 bridgehead atoms. The van der Waals surface area contributed by atoms with Gasteiger partial charge >= 0.3 is 0 Å². The summed E-state index contributed by atoms with van der Waals surface area (Å²) >= 11 is 0. The van der Waals surface area contributed by atoms with Crippen molar-refractivity contribution in [2.24, 2.45) is 16.3 Å². The first kappa shape index (κ1) is 16.0. The number of oxime groups is 1. The average molecular weight is 299 g/mol. The highest BCUT2D eigenvalue weighted by atomic mass is 16.5. The lowest BCUT2D eigenvalue weighted by molar-refractivity contribution is -0.143. The van der Waals surface area contributed by atoms with Crippen LogP contribution in [0.4, 0.5) is 0 Å². The van der Waals surface area contributed by atoms with Crippen molar-refractivity contribution in [3.8, 4) is 0 Å². The van der Waals surface area contributed by atoms with Crippen molar-refractivity contribution in [3.63, 3.8) is 0 Å². The van der Waals surface area contributed by atoms with E-state index in [2.05, 4.69) is 5.16 Å². The molecule has 120 valence electrons. The fraction of sp³-hybridized carbons (Fsp3) is 0.857. The summed E-state index contributed by atoms with van der Waals surface area (Å²) in [5.41, 5.74) is 4.87. The van der Waals surface area contributed by atoms with E-state index in [9.17, 15) is 4.79 Å². The van der Waals surface area contributed by atoms with E-state index < -0.39 is 5.41 Å². The van der Waals surface area contributed by atoms with Gasteiger partial charge in [-0.2, -0.15) is 0 Å². The first-order chi connectivity index (χ1) is 10.1. The molecule has 2 fully saturated rings. The van der Waals surface area contributed by atoms with Gasteiger partial charge in [-0.1, -0.05) is 5.16 Å². The zero-order valence-corrected chi connectivity index (χ0v) is 12.6. The minimum atomic E-state index is -0.948. The topological polar surface area (TPSA) is 97.4 Å². The summed E-state index contributed by atoms with van der Waals surface area (Å²) < 4.78 is 11.0. The number of likely N-dealkylation sites (N-methyl/N-ethyl adjacent to an activating group) is 1. The third-order valence-corrected chi connectivity index (χ3v) is 4.45. The molecule has 0 aliphatic carbocycles. The Kier molecular flexibility index (Phi) is 5.41. The minimum absolute atomic E-state index is 0.0211. The van der Waals surface area contributed by atoms with Gasteiger partial charge in [-0.15, -0.1) is 0 Å². The second-order valence-corrected chi connectivity index (χ2v) is 5.85. The lowest BCUT2D eigenvalue weighted by Crippen LogP contribution is -2.54. The third kappa shape index (κ3) is 3.47. The molecule has 2 aliphatic heterocycles. The van der Waals surface area contributed by atoms with Gasteiger partial charge in [0, 0.05) is 33.4 Å². The highest BCUT2D eigenvalue weighted by Crippen LogP contribution is 2.33. The number of hydrogen-bond acceptors (Lipinski definition) is 5. The largest absolute Gasteiger partial charge is 0.409 e. The van der Waals surface area contributed by atoms with E-state index >= 15 is 0 Å². The normalized spacial score (nSPS) is 26.3. The number of nitrogens with two attached hydrogens (primary N) is 1. The molecular formula is C14H25N3O4. The van der Waals surface area contributed by atoms with Crippen molar-refractivity contribution in [1.82, 2.24) is 4.90 Å². The Labute approximate surface area is 125 Å². The van der Waals surface area contributed by atoms with Crippen molar-refractivity contribution in [1.29, 1.82) is 0 Å². The van der Waals surface area contributed by atoms with Crippen LogP contribution in [0.25, 0.3) is 0 Å². The van der Waals surface area contributed by atoms with Gasteiger partial charge in [-0.25, -0.2) is 0 Å². The fourth-order valence-corrected chi connectivity index (χ4v) is 3.10. The van der Waals surface area contributed by atoms with Gasteiger partial charge in [0.15, 0.2) is 5.84 Å². The maximum atomic E-state index is 12.8. The van der Waals surface area contributed by atoms with Crippen molar-refractivity contribution < 1.29 is 19.5 Å². The predicted octanol–water partition coefficient (Wildman–Crippen LogP) is 0.557. The summed E-state index contributed by atoms with van der Waals surface area (Å²) in [5, 5.41) is 12.1. The SMILES string of the molecule is CN(CC1CCCCO1)C(=O)C1(C(N)=NO)CCOCC1. The second-order valence-electron chi connectivity index (χ2n) is 5.85. The van der Waals surface area contributed by atoms with Crippen LogP contribution in [-0.4, -0.2) is 61.4 Å². The van der Waals surface area contributed by atoms with E-state index in [0.717, 1.165) is 25.9 Å². The Balaban J connectivity index is 2.06. The monoisotopic (exact) mass is 299 g/mol. The number of amidine groups is 1. The van der Waals surface area contributed by atoms with E-state index in [1.54, 1.807) is 11.9 Å². The number of nitrogens with zero attached hydrogens (tertiary/aromatic N) is 2. The van der Waals surface area contributed by atoms with Crippen molar-refractivity contribution in [2.45, 2.75) is 38.2 Å². The molecule has 0 aromatic rings. The van der Waals surface area contributed by atoms with Gasteiger partial charge in [-0.3, -0.25) is 4.79 Å². The molecule has 7 heteroatoms. The first-order valence-electron chi connectivity index (χ1n) is 7.53. The van der Waals surface area contributed by atoms with Crippen LogP contribution in [-0.2, 0) is 14.3 Å². The second kappa shape index (κ2) is 7.09. The van der Waals surface area contributed by atoms with E-state index in [1.165, 1.54) is 0 Å². The van der Waals surface area contributed by atoms with Gasteiger partial charge < -0.3 is 25.3 Å². The predicted molar refractivity (Wildman–Crippen MR) is 77.1 cm³/mol. The number of amides is 1. The molecule has 0 saturated carbocycles. The van der Waals surface area contributed by atoms with Crippen LogP contribution < -0.4 is 5.73 Å². The molecule has 3 N–H and O–H groups in total. The Morgan fingerprint density at radius 1 is 1.38 bits per heavy atom. The summed E-state index contributed by atoms with van der Waals surface area (Å²) in [5.74, 6) is -0.137. The molecule has 1 unspecified atom stereocenters. The van der Waals surface area contributed by atoms with Crippen LogP contribution in [0.5, 0.6) is 0 Å². The van der Waals surface area contributed by atoms with Crippen LogP contribution in [0.3, 0.4) is 0 Å². The van der Waals surface area contributed by atoms with Crippen LogP contribution >= 0.6 is 0 Å². The Hall–Kier alpha value is -1.34. The van der Waals surface area contributed by atoms with Gasteiger partial charge in [0.25, 0.3) is 0 Å². The number of carbonyl (C=O) groups is 1. The Morgan fingerprint density at radius 2 is 2.10 bits per heavy atom. The summed E-state index contributed by atoms with van der Waals surface area (Å²) in [4.78, 5) is 14.5. The van der Waals surface area contributed by atoms with Crippen LogP contribution in [0.2, 0.25) is 0 Å². The molecule has 2 rings (SSSR count). The molecule has 2 aliphatic rings. The number of carbonyl (C=O) groups excluding carboxylic acids is 1. The standard InChI is InChI=1S/C14H25N3O4/c1-17(10-11-4-2-3-7-21-11)13(18)14(12(15)16-19)5-8-20-9-6-14/h11,19H,2-10H2,1H3,(H2,15,16). The van der Waals surface area contributed by atoms with Crippen LogP contribution in [0.1, 0.15) is 32.1 Å². The zero-order valence-electron chi connectivity index (χ0n) is 12.6. The van der Waals surface area contributed by atoms with Crippen LogP contribution in [0, 0.1) is 5.41 Å². The molecular weight excluding hydrogens is 274 g/mol. The molecule has 2 heterocycles. The van der Waals surface area contributed by atoms with Crippen molar-refractivity contribution >= 4 is 11.7 Å². The molecule has 0 spiro atoms. The molecule has 7 nitrogen and oxygen atoms in total. The first-order valence-corrected chi connectivity index (χ1v) is 7.53. The lowest BCUT2D eigenvalue weighted by atomic mass is 9.77. The van der Waals surface area contributed by atoms with Crippen molar-refractivity contribution in [2.75, 3.05) is 33.4 Å². The van der Waals surface area contributed by atoms with Gasteiger partial charge in [-0.05, 0) is 32.1 Å². The number of rotatable bonds is 4. The average Bonchev–Trinajstić information content (AvgIpc) is 2.54. The molecule has 1 amide bonds.